The molecule has 2 aromatic rings. The van der Waals surface area contributed by atoms with E-state index in [-0.39, 0.29) is 17.6 Å². The number of ether oxygens (including phenoxy) is 1. The average molecular weight is 405 g/mol. The molecule has 0 aromatic heterocycles. The first-order valence-electron chi connectivity index (χ1n) is 7.85. The van der Waals surface area contributed by atoms with Crippen LogP contribution in [0.1, 0.15) is 11.1 Å². The van der Waals surface area contributed by atoms with Gasteiger partial charge in [-0.25, -0.2) is 4.39 Å². The maximum absolute atomic E-state index is 13.9. The molecule has 0 spiro atoms. The fraction of sp³-hybridized carbons (Fsp3) is 0.0833. The van der Waals surface area contributed by atoms with Gasteiger partial charge in [0.2, 0.25) is 0 Å². The molecule has 0 amide bonds. The fourth-order valence-electron chi connectivity index (χ4n) is 2.17. The number of terminal acetylenes is 1. The molecule has 0 radical (unpaired) electrons. The Morgan fingerprint density at radius 2 is 1.54 bits per heavy atom. The smallest absolute Gasteiger partial charge is 0.140 e. The highest BCUT2D eigenvalue weighted by Crippen LogP contribution is 2.30. The van der Waals surface area contributed by atoms with Gasteiger partial charge in [-0.15, -0.1) is 29.6 Å². The monoisotopic (exact) mass is 404 g/mol. The Morgan fingerprint density at radius 3 is 2.21 bits per heavy atom. The van der Waals surface area contributed by atoms with Crippen molar-refractivity contribution < 1.29 is 9.13 Å². The minimum absolute atomic E-state index is 0.0684. The van der Waals surface area contributed by atoms with Crippen LogP contribution in [0.15, 0.2) is 36.4 Å². The van der Waals surface area contributed by atoms with Crippen molar-refractivity contribution in [3.63, 3.8) is 0 Å². The zero-order chi connectivity index (χ0) is 20.2. The van der Waals surface area contributed by atoms with E-state index in [0.717, 1.165) is 11.1 Å². The molecule has 28 heavy (non-hydrogen) atoms. The Balaban J connectivity index is 2.20. The maximum Gasteiger partial charge on any atom is 0.140 e. The molecule has 1 nitrogen and oxygen atoms in total. The summed E-state index contributed by atoms with van der Waals surface area (Å²) in [5.41, 5.74) is 2.66. The van der Waals surface area contributed by atoms with E-state index in [1.54, 1.807) is 24.3 Å². The van der Waals surface area contributed by atoms with Gasteiger partial charge in [-0.3, -0.25) is 0 Å². The summed E-state index contributed by atoms with van der Waals surface area (Å²) in [5.74, 6) is 19.8. The standard InChI is InChI=1S/C24H11Cl2FO/c1-2-3-4-5-6-7-8-9-13-28-22-12-10-11-19(14-22)23-15-21(18-26)24(27)16-20(23)17-25/h1,10-12,14-16H,17-18H2. The molecule has 0 aliphatic heterocycles. The third-order valence-electron chi connectivity index (χ3n) is 3.37. The van der Waals surface area contributed by atoms with Gasteiger partial charge in [0, 0.05) is 35.1 Å². The molecule has 0 aliphatic carbocycles. The van der Waals surface area contributed by atoms with Crippen molar-refractivity contribution >= 4 is 23.2 Å². The number of hydrogen-bond acceptors (Lipinski definition) is 1. The van der Waals surface area contributed by atoms with Crippen LogP contribution in [0.4, 0.5) is 4.39 Å². The van der Waals surface area contributed by atoms with E-state index in [2.05, 4.69) is 53.5 Å². The third-order valence-corrected chi connectivity index (χ3v) is 3.95. The van der Waals surface area contributed by atoms with Crippen LogP contribution < -0.4 is 4.74 Å². The molecule has 0 N–H and O–H groups in total. The molecule has 0 saturated carbocycles. The van der Waals surface area contributed by atoms with E-state index in [1.807, 2.05) is 6.07 Å². The van der Waals surface area contributed by atoms with E-state index in [4.69, 9.17) is 34.4 Å². The van der Waals surface area contributed by atoms with Crippen molar-refractivity contribution in [1.82, 2.24) is 0 Å². The van der Waals surface area contributed by atoms with Gasteiger partial charge >= 0.3 is 0 Å². The van der Waals surface area contributed by atoms with Gasteiger partial charge in [0.25, 0.3) is 0 Å². The summed E-state index contributed by atoms with van der Waals surface area (Å²) in [5, 5.41) is 0. The molecule has 4 heteroatoms. The minimum atomic E-state index is -0.375. The van der Waals surface area contributed by atoms with Crippen molar-refractivity contribution in [2.75, 3.05) is 0 Å². The molecule has 0 fully saturated rings. The first kappa shape index (κ1) is 20.9. The van der Waals surface area contributed by atoms with Crippen molar-refractivity contribution in [1.29, 1.82) is 0 Å². The Morgan fingerprint density at radius 1 is 0.857 bits per heavy atom. The normalized spacial score (nSPS) is 8.36. The van der Waals surface area contributed by atoms with Crippen molar-refractivity contribution in [2.45, 2.75) is 11.8 Å². The van der Waals surface area contributed by atoms with E-state index in [0.29, 0.717) is 16.9 Å². The fourth-order valence-corrected chi connectivity index (χ4v) is 2.60. The quantitative estimate of drug-likeness (QED) is 0.517. The van der Waals surface area contributed by atoms with E-state index in [9.17, 15) is 4.39 Å². The Labute approximate surface area is 174 Å². The summed E-state index contributed by atoms with van der Waals surface area (Å²) in [6.45, 7) is 0. The summed E-state index contributed by atoms with van der Waals surface area (Å²) < 4.78 is 19.3. The summed E-state index contributed by atoms with van der Waals surface area (Å²) in [6, 6.07) is 10.3. The summed E-state index contributed by atoms with van der Waals surface area (Å²) in [6.07, 6.45) is 7.43. The molecule has 134 valence electrons. The lowest BCUT2D eigenvalue weighted by Crippen LogP contribution is -1.94. The topological polar surface area (TPSA) is 9.23 Å². The molecule has 0 aliphatic rings. The van der Waals surface area contributed by atoms with Crippen LogP contribution in [-0.2, 0) is 11.8 Å². The molecular weight excluding hydrogens is 394 g/mol. The van der Waals surface area contributed by atoms with Crippen LogP contribution in [0, 0.1) is 65.7 Å². The van der Waals surface area contributed by atoms with Gasteiger partial charge in [0.1, 0.15) is 17.7 Å². The van der Waals surface area contributed by atoms with Gasteiger partial charge < -0.3 is 4.74 Å². The van der Waals surface area contributed by atoms with Crippen LogP contribution in [-0.4, -0.2) is 0 Å². The van der Waals surface area contributed by atoms with Crippen molar-refractivity contribution in [2.24, 2.45) is 0 Å². The second-order valence-electron chi connectivity index (χ2n) is 5.12. The van der Waals surface area contributed by atoms with E-state index >= 15 is 0 Å². The summed E-state index contributed by atoms with van der Waals surface area (Å²) >= 11 is 11.8. The van der Waals surface area contributed by atoms with Crippen LogP contribution in [0.2, 0.25) is 0 Å². The van der Waals surface area contributed by atoms with Crippen LogP contribution in [0.5, 0.6) is 5.75 Å². The lowest BCUT2D eigenvalue weighted by Gasteiger charge is -2.11. The van der Waals surface area contributed by atoms with Crippen molar-refractivity contribution in [3.05, 3.63) is 53.3 Å². The largest absolute Gasteiger partial charge is 0.407 e. The number of halogens is 3. The molecule has 0 atom stereocenters. The Bertz CT molecular complexity index is 1160. The highest BCUT2D eigenvalue weighted by molar-refractivity contribution is 6.18. The van der Waals surface area contributed by atoms with Crippen LogP contribution in [0.3, 0.4) is 0 Å². The van der Waals surface area contributed by atoms with Gasteiger partial charge in [0.05, 0.1) is 5.88 Å². The van der Waals surface area contributed by atoms with E-state index in [1.165, 1.54) is 6.07 Å². The highest BCUT2D eigenvalue weighted by Gasteiger charge is 2.11. The number of alkyl halides is 2. The minimum Gasteiger partial charge on any atom is -0.407 e. The third kappa shape index (κ3) is 6.07. The average Bonchev–Trinajstić information content (AvgIpc) is 2.72. The van der Waals surface area contributed by atoms with Gasteiger partial charge in [-0.05, 0) is 64.6 Å². The van der Waals surface area contributed by atoms with E-state index < -0.39 is 0 Å². The predicted octanol–water partition coefficient (Wildman–Crippen LogP) is 4.95. The SMILES string of the molecule is C#CC#CC#CC#CC#COc1cccc(-c2cc(CCl)c(F)cc2CCl)c1. The molecule has 2 aromatic carbocycles. The first-order valence-corrected chi connectivity index (χ1v) is 8.92. The molecular formula is C24H11Cl2FO. The summed E-state index contributed by atoms with van der Waals surface area (Å²) in [7, 11) is 0. The van der Waals surface area contributed by atoms with Gasteiger partial charge in [0.15, 0.2) is 0 Å². The zero-order valence-corrected chi connectivity index (χ0v) is 16.0. The zero-order valence-electron chi connectivity index (χ0n) is 14.5. The van der Waals surface area contributed by atoms with Crippen LogP contribution in [0.25, 0.3) is 11.1 Å². The molecule has 0 saturated heterocycles. The van der Waals surface area contributed by atoms with Gasteiger partial charge in [-0.1, -0.05) is 12.1 Å². The van der Waals surface area contributed by atoms with Gasteiger partial charge in [-0.2, -0.15) is 0 Å². The highest BCUT2D eigenvalue weighted by atomic mass is 35.5. The second kappa shape index (κ2) is 11.3. The lowest BCUT2D eigenvalue weighted by molar-refractivity contribution is 0.520. The van der Waals surface area contributed by atoms with Crippen LogP contribution >= 0.6 is 23.2 Å². The first-order chi connectivity index (χ1) is 13.7. The predicted molar refractivity (Wildman–Crippen MR) is 112 cm³/mol. The molecule has 0 unspecified atom stereocenters. The lowest BCUT2D eigenvalue weighted by atomic mass is 9.98. The second-order valence-corrected chi connectivity index (χ2v) is 5.65. The number of rotatable bonds is 4. The molecule has 0 bridgehead atoms. The number of benzene rings is 2. The Kier molecular flexibility index (Phi) is 8.42. The van der Waals surface area contributed by atoms with Crippen molar-refractivity contribution in [3.8, 4) is 76.8 Å². The number of hydrogen-bond donors (Lipinski definition) is 0. The molecule has 0 heterocycles. The maximum atomic E-state index is 13.9. The summed E-state index contributed by atoms with van der Waals surface area (Å²) in [4.78, 5) is 0. The molecule has 2 rings (SSSR count). The Hall–Kier alpha value is -3.45.